The number of quaternary nitrogens is 1. The number of nitrogens with zero attached hydrogens (tertiary/aromatic N) is 1. The molecule has 0 spiro atoms. The Morgan fingerprint density at radius 2 is 1.67 bits per heavy atom. The van der Waals surface area contributed by atoms with E-state index in [1.165, 1.54) is 10.6 Å². The number of rotatable bonds is 5. The number of hydrogen-bond donors (Lipinski definition) is 3. The molecule has 30 heavy (non-hydrogen) atoms. The van der Waals surface area contributed by atoms with Crippen LogP contribution in [-0.4, -0.2) is 57.2 Å². The molecule has 0 saturated carbocycles. The largest absolute Gasteiger partial charge is 0.485 e. The maximum Gasteiger partial charge on any atom is 0.283 e. The first kappa shape index (κ1) is 20.0. The van der Waals surface area contributed by atoms with Crippen molar-refractivity contribution in [2.24, 2.45) is 0 Å². The molecule has 158 valence electrons. The molecule has 3 N–H and O–H groups in total. The zero-order valence-corrected chi connectivity index (χ0v) is 16.8. The van der Waals surface area contributed by atoms with Gasteiger partial charge in [-0.15, -0.1) is 0 Å². The predicted octanol–water partition coefficient (Wildman–Crippen LogP) is -0.231. The first-order valence-corrected chi connectivity index (χ1v) is 10.3. The van der Waals surface area contributed by atoms with Crippen molar-refractivity contribution in [3.63, 3.8) is 0 Å². The maximum absolute atomic E-state index is 12.2. The van der Waals surface area contributed by atoms with E-state index in [0.717, 1.165) is 32.7 Å². The minimum atomic E-state index is -0.795. The number of benzene rings is 2. The van der Waals surface area contributed by atoms with E-state index >= 15 is 0 Å². The number of ether oxygens (including phenoxy) is 2. The minimum Gasteiger partial charge on any atom is -0.485 e. The zero-order valence-electron chi connectivity index (χ0n) is 16.8. The fraction of sp³-hybridized carbons (Fsp3) is 0.364. The third-order valence-corrected chi connectivity index (χ3v) is 5.42. The molecule has 1 atom stereocenters. The fourth-order valence-corrected chi connectivity index (χ4v) is 3.68. The summed E-state index contributed by atoms with van der Waals surface area (Å²) in [5, 5.41) is 0. The quantitative estimate of drug-likeness (QED) is 0.592. The van der Waals surface area contributed by atoms with Gasteiger partial charge in [0.2, 0.25) is 12.0 Å². The van der Waals surface area contributed by atoms with E-state index in [1.807, 2.05) is 18.2 Å². The van der Waals surface area contributed by atoms with Crippen LogP contribution in [0.2, 0.25) is 0 Å². The van der Waals surface area contributed by atoms with Crippen LogP contribution in [0, 0.1) is 0 Å². The van der Waals surface area contributed by atoms with E-state index in [2.05, 4.69) is 40.0 Å². The monoisotopic (exact) mass is 411 g/mol. The zero-order chi connectivity index (χ0) is 20.8. The molecule has 0 radical (unpaired) electrons. The van der Waals surface area contributed by atoms with Crippen molar-refractivity contribution in [2.45, 2.75) is 12.5 Å². The van der Waals surface area contributed by atoms with Crippen LogP contribution in [0.3, 0.4) is 0 Å². The molecule has 0 bridgehead atoms. The lowest BCUT2D eigenvalue weighted by Crippen LogP contribution is -3.15. The minimum absolute atomic E-state index is 0.106. The van der Waals surface area contributed by atoms with Crippen molar-refractivity contribution in [3.05, 3.63) is 54.6 Å². The van der Waals surface area contributed by atoms with Gasteiger partial charge in [-0.2, -0.15) is 0 Å². The van der Waals surface area contributed by atoms with Crippen molar-refractivity contribution < 1.29 is 24.0 Å². The Kier molecular flexibility index (Phi) is 6.34. The van der Waals surface area contributed by atoms with E-state index in [4.69, 9.17) is 9.47 Å². The van der Waals surface area contributed by atoms with E-state index in [9.17, 15) is 9.59 Å². The first-order valence-electron chi connectivity index (χ1n) is 10.3. The molecular formula is C22H27N4O4+. The summed E-state index contributed by atoms with van der Waals surface area (Å²) in [6.07, 6.45) is -0.442. The Balaban J connectivity index is 1.14. The van der Waals surface area contributed by atoms with E-state index in [1.54, 1.807) is 12.1 Å². The van der Waals surface area contributed by atoms with Gasteiger partial charge in [-0.1, -0.05) is 30.3 Å². The molecule has 0 unspecified atom stereocenters. The first-order chi connectivity index (χ1) is 14.7. The molecule has 2 heterocycles. The molecule has 1 saturated heterocycles. The highest BCUT2D eigenvalue weighted by Gasteiger charge is 2.27. The third-order valence-electron chi connectivity index (χ3n) is 5.42. The second-order valence-electron chi connectivity index (χ2n) is 7.47. The smallest absolute Gasteiger partial charge is 0.283 e. The lowest BCUT2D eigenvalue weighted by atomic mass is 10.2. The summed E-state index contributed by atoms with van der Waals surface area (Å²) in [6, 6.07) is 17.6. The highest BCUT2D eigenvalue weighted by atomic mass is 16.6. The molecule has 0 aromatic heterocycles. The number of hydrogen-bond acceptors (Lipinski definition) is 5. The Bertz CT molecular complexity index is 868. The van der Waals surface area contributed by atoms with Gasteiger partial charge in [0, 0.05) is 5.69 Å². The van der Waals surface area contributed by atoms with Gasteiger partial charge < -0.3 is 19.3 Å². The van der Waals surface area contributed by atoms with Gasteiger partial charge in [0.05, 0.1) is 39.1 Å². The van der Waals surface area contributed by atoms with Crippen LogP contribution in [-0.2, 0) is 9.59 Å². The number of nitrogens with one attached hydrogen (secondary N) is 3. The summed E-state index contributed by atoms with van der Waals surface area (Å²) in [5.41, 5.74) is 6.16. The van der Waals surface area contributed by atoms with Crippen LogP contribution in [0.4, 0.5) is 5.69 Å². The van der Waals surface area contributed by atoms with Gasteiger partial charge in [-0.25, -0.2) is 0 Å². The second-order valence-corrected chi connectivity index (χ2v) is 7.47. The molecule has 2 aromatic carbocycles. The average Bonchev–Trinajstić information content (AvgIpc) is 2.81. The summed E-state index contributed by atoms with van der Waals surface area (Å²) in [4.78, 5) is 28.1. The average molecular weight is 411 g/mol. The number of carbonyl (C=O) groups excluding carboxylic acids is 2. The van der Waals surface area contributed by atoms with Crippen LogP contribution in [0.1, 0.15) is 6.42 Å². The molecule has 8 heteroatoms. The van der Waals surface area contributed by atoms with Gasteiger partial charge in [0.25, 0.3) is 5.91 Å². The Morgan fingerprint density at radius 3 is 2.43 bits per heavy atom. The Labute approximate surface area is 175 Å². The van der Waals surface area contributed by atoms with Crippen LogP contribution >= 0.6 is 0 Å². The van der Waals surface area contributed by atoms with Crippen molar-refractivity contribution >= 4 is 17.5 Å². The van der Waals surface area contributed by atoms with Crippen molar-refractivity contribution in [3.8, 4) is 11.5 Å². The highest BCUT2D eigenvalue weighted by molar-refractivity contribution is 5.85. The Morgan fingerprint density at radius 1 is 0.967 bits per heavy atom. The van der Waals surface area contributed by atoms with Crippen molar-refractivity contribution in [1.82, 2.24) is 10.9 Å². The topological polar surface area (TPSA) is 84.3 Å². The molecule has 0 aliphatic carbocycles. The van der Waals surface area contributed by atoms with Gasteiger partial charge in [-0.3, -0.25) is 20.4 Å². The molecule has 4 rings (SSSR count). The predicted molar refractivity (Wildman–Crippen MR) is 111 cm³/mol. The maximum atomic E-state index is 12.2. The van der Waals surface area contributed by atoms with E-state index in [-0.39, 0.29) is 12.5 Å². The van der Waals surface area contributed by atoms with Gasteiger partial charge >= 0.3 is 0 Å². The fourth-order valence-electron chi connectivity index (χ4n) is 3.68. The van der Waals surface area contributed by atoms with Gasteiger partial charge in [-0.05, 0) is 24.3 Å². The summed E-state index contributed by atoms with van der Waals surface area (Å²) < 4.78 is 11.2. The summed E-state index contributed by atoms with van der Waals surface area (Å²) in [5.74, 6) is 0.495. The summed E-state index contributed by atoms with van der Waals surface area (Å²) in [6.45, 7) is 4.76. The second kappa shape index (κ2) is 9.49. The lowest BCUT2D eigenvalue weighted by Gasteiger charge is -2.33. The van der Waals surface area contributed by atoms with Crippen LogP contribution < -0.4 is 30.1 Å². The third kappa shape index (κ3) is 5.01. The number of piperazine rings is 1. The SMILES string of the molecule is O=C(CC[NH+]1CCN(c2ccccc2)CC1)NNC(=O)[C@@H]1COc2ccccc2O1. The van der Waals surface area contributed by atoms with Crippen LogP contribution in [0.5, 0.6) is 11.5 Å². The van der Waals surface area contributed by atoms with Gasteiger partial charge in [0.15, 0.2) is 11.5 Å². The molecule has 2 aromatic rings. The van der Waals surface area contributed by atoms with Gasteiger partial charge in [0.1, 0.15) is 6.61 Å². The van der Waals surface area contributed by atoms with E-state index in [0.29, 0.717) is 17.9 Å². The van der Waals surface area contributed by atoms with Crippen LogP contribution in [0.15, 0.2) is 54.6 Å². The molecular weight excluding hydrogens is 384 g/mol. The Hall–Kier alpha value is -3.26. The summed E-state index contributed by atoms with van der Waals surface area (Å²) in [7, 11) is 0. The van der Waals surface area contributed by atoms with Crippen molar-refractivity contribution in [1.29, 1.82) is 0 Å². The standard InChI is InChI=1S/C22H26N4O4/c27-21(10-11-25-12-14-26(15-13-25)17-6-2-1-3-7-17)23-24-22(28)20-16-29-18-8-4-5-9-19(18)30-20/h1-9,20H,10-16H2,(H,23,27)(H,24,28)/p+1/t20-/m0/s1. The number of amides is 2. The molecule has 2 amide bonds. The molecule has 2 aliphatic rings. The number of hydrazine groups is 1. The van der Waals surface area contributed by atoms with Crippen LogP contribution in [0.25, 0.3) is 0 Å². The van der Waals surface area contributed by atoms with Crippen molar-refractivity contribution in [2.75, 3.05) is 44.2 Å². The number of anilines is 1. The molecule has 1 fully saturated rings. The molecule has 8 nitrogen and oxygen atoms in total. The summed E-state index contributed by atoms with van der Waals surface area (Å²) >= 11 is 0. The normalized spacial score (nSPS) is 18.5. The number of para-hydroxylation sites is 3. The number of fused-ring (bicyclic) bond motifs is 1. The van der Waals surface area contributed by atoms with E-state index < -0.39 is 12.0 Å². The molecule has 2 aliphatic heterocycles. The lowest BCUT2D eigenvalue weighted by molar-refractivity contribution is -0.900. The highest BCUT2D eigenvalue weighted by Crippen LogP contribution is 2.30. The number of carbonyl (C=O) groups is 2.